The first-order valence-corrected chi connectivity index (χ1v) is 16.8. The fourth-order valence-corrected chi connectivity index (χ4v) is 7.28. The smallest absolute Gasteiger partial charge is 0.247 e. The van der Waals surface area contributed by atoms with Crippen LogP contribution in [0.25, 0.3) is 10.8 Å². The number of hydrogen-bond acceptors (Lipinski definition) is 10. The summed E-state index contributed by atoms with van der Waals surface area (Å²) in [7, 11) is -1.34. The summed E-state index contributed by atoms with van der Waals surface area (Å²) < 4.78 is 29.5. The van der Waals surface area contributed by atoms with E-state index in [9.17, 15) is 13.2 Å². The Bertz CT molecular complexity index is 1620. The van der Waals surface area contributed by atoms with Gasteiger partial charge in [-0.25, -0.2) is 18.4 Å². The van der Waals surface area contributed by atoms with Crippen molar-refractivity contribution in [3.05, 3.63) is 48.8 Å². The average molecular weight is 608 g/mol. The Morgan fingerprint density at radius 1 is 1.19 bits per heavy atom. The second kappa shape index (κ2) is 12.5. The van der Waals surface area contributed by atoms with Crippen molar-refractivity contribution in [2.24, 2.45) is 5.92 Å². The van der Waals surface area contributed by atoms with E-state index in [4.69, 9.17) is 14.7 Å². The maximum atomic E-state index is 12.5. The molecule has 230 valence electrons. The molecule has 0 saturated carbocycles. The van der Waals surface area contributed by atoms with Gasteiger partial charge in [-0.2, -0.15) is 4.98 Å². The van der Waals surface area contributed by atoms with Gasteiger partial charge in [0.1, 0.15) is 21.5 Å². The van der Waals surface area contributed by atoms with Gasteiger partial charge in [-0.1, -0.05) is 20.4 Å². The van der Waals surface area contributed by atoms with Gasteiger partial charge in [0.05, 0.1) is 11.9 Å². The maximum absolute atomic E-state index is 12.5. The van der Waals surface area contributed by atoms with E-state index in [1.54, 1.807) is 13.3 Å². The predicted octanol–water partition coefficient (Wildman–Crippen LogP) is 4.50. The SMILES string of the molecule is C=CC(=O)Nc1cc(N2C[C@H](CS(C)(=O)=O)[C@H]2C)c2cnc(Nc3ccnc(N4CCC(OC)CC4)n3)cc2c1C(C)C. The molecule has 2 fully saturated rings. The lowest BCUT2D eigenvalue weighted by atomic mass is 9.88. The summed E-state index contributed by atoms with van der Waals surface area (Å²) in [6.07, 6.45) is 8.25. The van der Waals surface area contributed by atoms with E-state index in [0.717, 1.165) is 48.0 Å². The van der Waals surface area contributed by atoms with E-state index in [0.29, 0.717) is 29.8 Å². The van der Waals surface area contributed by atoms with Gasteiger partial charge in [0.25, 0.3) is 0 Å². The normalized spacial score (nSPS) is 19.4. The number of benzene rings is 1. The van der Waals surface area contributed by atoms with Crippen molar-refractivity contribution in [2.75, 3.05) is 59.2 Å². The molecule has 2 atom stereocenters. The highest BCUT2D eigenvalue weighted by Gasteiger charge is 2.38. The Hall–Kier alpha value is -3.77. The van der Waals surface area contributed by atoms with Crippen molar-refractivity contribution in [3.63, 3.8) is 0 Å². The molecule has 1 aromatic carbocycles. The van der Waals surface area contributed by atoms with E-state index in [2.05, 4.69) is 45.8 Å². The number of aromatic nitrogens is 3. The van der Waals surface area contributed by atoms with Crippen LogP contribution >= 0.6 is 0 Å². The van der Waals surface area contributed by atoms with Crippen LogP contribution < -0.4 is 20.4 Å². The van der Waals surface area contributed by atoms with Gasteiger partial charge in [0, 0.05) is 74.1 Å². The summed E-state index contributed by atoms with van der Waals surface area (Å²) in [5.74, 6) is 1.87. The number of sulfone groups is 1. The molecule has 0 bridgehead atoms. The number of fused-ring (bicyclic) bond motifs is 1. The lowest BCUT2D eigenvalue weighted by molar-refractivity contribution is -0.111. The van der Waals surface area contributed by atoms with Gasteiger partial charge in [-0.05, 0) is 60.9 Å². The number of ether oxygens (including phenoxy) is 1. The topological polar surface area (TPSA) is 130 Å². The van der Waals surface area contributed by atoms with E-state index in [1.165, 1.54) is 12.3 Å². The largest absolute Gasteiger partial charge is 0.381 e. The van der Waals surface area contributed by atoms with Crippen molar-refractivity contribution in [1.29, 1.82) is 0 Å². The number of nitrogens with zero attached hydrogens (tertiary/aromatic N) is 5. The summed E-state index contributed by atoms with van der Waals surface area (Å²) in [4.78, 5) is 30.8. The molecule has 5 rings (SSSR count). The number of amides is 1. The molecule has 4 heterocycles. The zero-order valence-electron chi connectivity index (χ0n) is 25.5. The van der Waals surface area contributed by atoms with Gasteiger partial charge in [-0.15, -0.1) is 0 Å². The molecular formula is C31H41N7O4S. The van der Waals surface area contributed by atoms with Gasteiger partial charge in [0.15, 0.2) is 0 Å². The highest BCUT2D eigenvalue weighted by atomic mass is 32.2. The standard InChI is InChI=1S/C31H41N7O4S/c1-7-29(39)34-25-15-26(38-17-21(20(38)4)18-43(6,40)41)24-16-33-28(14-23(24)30(25)19(2)3)35-27-8-11-32-31(36-27)37-12-9-22(42-5)10-13-37/h7-8,11,14-16,19-22H,1,9-10,12-13,17-18H2,2-6H3,(H,34,39)(H,32,33,35,36)/t20-,21-/m1/s1. The molecule has 2 N–H and O–H groups in total. The van der Waals surface area contributed by atoms with Gasteiger partial charge in [0.2, 0.25) is 11.9 Å². The van der Waals surface area contributed by atoms with Crippen molar-refractivity contribution in [1.82, 2.24) is 15.0 Å². The Morgan fingerprint density at radius 3 is 2.56 bits per heavy atom. The second-order valence-electron chi connectivity index (χ2n) is 11.9. The van der Waals surface area contributed by atoms with E-state index in [1.807, 2.05) is 31.3 Å². The van der Waals surface area contributed by atoms with E-state index < -0.39 is 9.84 Å². The first-order chi connectivity index (χ1) is 20.5. The molecule has 2 aliphatic heterocycles. The summed E-state index contributed by atoms with van der Waals surface area (Å²) in [5.41, 5.74) is 2.57. The number of nitrogens with one attached hydrogen (secondary N) is 2. The molecule has 43 heavy (non-hydrogen) atoms. The third kappa shape index (κ3) is 6.75. The summed E-state index contributed by atoms with van der Waals surface area (Å²) in [6, 6.07) is 5.79. The number of carbonyl (C=O) groups is 1. The monoisotopic (exact) mass is 607 g/mol. The average Bonchev–Trinajstić information content (AvgIpc) is 2.98. The molecule has 2 saturated heterocycles. The molecule has 1 amide bonds. The number of piperidine rings is 1. The van der Waals surface area contributed by atoms with Crippen LogP contribution in [0.3, 0.4) is 0 Å². The lowest BCUT2D eigenvalue weighted by Crippen LogP contribution is -2.57. The molecule has 3 aromatic rings. The first-order valence-electron chi connectivity index (χ1n) is 14.7. The molecule has 12 heteroatoms. The Kier molecular flexibility index (Phi) is 8.89. The summed E-state index contributed by atoms with van der Waals surface area (Å²) >= 11 is 0. The van der Waals surface area contributed by atoms with Crippen molar-refractivity contribution >= 4 is 55.5 Å². The third-order valence-corrected chi connectivity index (χ3v) is 9.48. The van der Waals surface area contributed by atoms with E-state index >= 15 is 0 Å². The molecule has 2 aliphatic rings. The summed E-state index contributed by atoms with van der Waals surface area (Å²) in [5, 5.41) is 8.23. The molecule has 2 aromatic heterocycles. The highest BCUT2D eigenvalue weighted by Crippen LogP contribution is 2.43. The quantitative estimate of drug-likeness (QED) is 0.318. The van der Waals surface area contributed by atoms with Crippen LogP contribution in [0, 0.1) is 5.92 Å². The minimum atomic E-state index is -3.09. The minimum Gasteiger partial charge on any atom is -0.381 e. The Labute approximate surface area is 253 Å². The van der Waals surface area contributed by atoms with Gasteiger partial charge < -0.3 is 25.2 Å². The number of hydrogen-bond donors (Lipinski definition) is 2. The molecule has 11 nitrogen and oxygen atoms in total. The highest BCUT2D eigenvalue weighted by molar-refractivity contribution is 7.90. The second-order valence-corrected chi connectivity index (χ2v) is 14.0. The van der Waals surface area contributed by atoms with Crippen LogP contribution in [0.1, 0.15) is 45.1 Å². The van der Waals surface area contributed by atoms with Crippen LogP contribution in [-0.2, 0) is 19.4 Å². The zero-order valence-corrected chi connectivity index (χ0v) is 26.3. The molecule has 0 radical (unpaired) electrons. The summed E-state index contributed by atoms with van der Waals surface area (Å²) in [6.45, 7) is 12.1. The van der Waals surface area contributed by atoms with Gasteiger partial charge in [-0.3, -0.25) is 4.79 Å². The number of carbonyl (C=O) groups excluding carboxylic acids is 1. The van der Waals surface area contributed by atoms with Crippen LogP contribution in [0.2, 0.25) is 0 Å². The van der Waals surface area contributed by atoms with Gasteiger partial charge >= 0.3 is 0 Å². The number of pyridine rings is 1. The van der Waals surface area contributed by atoms with Crippen LogP contribution in [-0.4, -0.2) is 80.2 Å². The minimum absolute atomic E-state index is 0.0111. The third-order valence-electron chi connectivity index (χ3n) is 8.45. The maximum Gasteiger partial charge on any atom is 0.247 e. The van der Waals surface area contributed by atoms with Crippen LogP contribution in [0.5, 0.6) is 0 Å². The fraction of sp³-hybridized carbons (Fsp3) is 0.484. The number of rotatable bonds is 10. The zero-order chi connectivity index (χ0) is 30.9. The van der Waals surface area contributed by atoms with E-state index in [-0.39, 0.29) is 35.6 Å². The number of methoxy groups -OCH3 is 1. The van der Waals surface area contributed by atoms with Crippen molar-refractivity contribution in [2.45, 2.75) is 51.7 Å². The fourth-order valence-electron chi connectivity index (χ4n) is 6.11. The Morgan fingerprint density at radius 2 is 1.93 bits per heavy atom. The molecular weight excluding hydrogens is 566 g/mol. The Balaban J connectivity index is 1.51. The first kappa shape index (κ1) is 30.7. The lowest BCUT2D eigenvalue weighted by Gasteiger charge is -2.48. The van der Waals surface area contributed by atoms with Crippen LogP contribution in [0.15, 0.2) is 43.2 Å². The van der Waals surface area contributed by atoms with Crippen LogP contribution in [0.4, 0.5) is 29.0 Å². The molecule has 0 aliphatic carbocycles. The predicted molar refractivity (Wildman–Crippen MR) is 172 cm³/mol. The van der Waals surface area contributed by atoms with Crippen molar-refractivity contribution in [3.8, 4) is 0 Å². The molecule has 0 unspecified atom stereocenters. The number of anilines is 5. The molecule has 0 spiro atoms. The van der Waals surface area contributed by atoms with Crippen molar-refractivity contribution < 1.29 is 17.9 Å².